The van der Waals surface area contributed by atoms with Gasteiger partial charge in [-0.15, -0.1) is 11.3 Å². The number of amides is 2. The molecule has 1 aliphatic rings. The number of ether oxygens (including phenoxy) is 2. The fourth-order valence-electron chi connectivity index (χ4n) is 3.55. The Hall–Kier alpha value is -2.51. The Kier molecular flexibility index (Phi) is 8.97. The summed E-state index contributed by atoms with van der Waals surface area (Å²) in [5, 5.41) is 35.7. The third kappa shape index (κ3) is 5.71. The van der Waals surface area contributed by atoms with Crippen LogP contribution in [0.2, 0.25) is 0 Å². The van der Waals surface area contributed by atoms with Crippen LogP contribution in [0.5, 0.6) is 0 Å². The number of carbonyl (C=O) groups is 2. The van der Waals surface area contributed by atoms with Gasteiger partial charge < -0.3 is 19.7 Å². The normalized spacial score (nSPS) is 20.5. The fourth-order valence-corrected chi connectivity index (χ4v) is 4.23. The van der Waals surface area contributed by atoms with Crippen LogP contribution in [-0.2, 0) is 14.3 Å². The molecule has 0 aliphatic heterocycles. The molecule has 0 bridgehead atoms. The lowest BCUT2D eigenvalue weighted by molar-refractivity contribution is -0.143. The number of nitrogens with zero attached hydrogens (tertiary/aromatic N) is 3. The topological polar surface area (TPSA) is 145 Å². The van der Waals surface area contributed by atoms with Gasteiger partial charge in [0.05, 0.1) is 20.8 Å². The van der Waals surface area contributed by atoms with E-state index in [1.165, 1.54) is 31.8 Å². The van der Waals surface area contributed by atoms with Crippen LogP contribution < -0.4 is 5.32 Å². The Labute approximate surface area is 196 Å². The molecule has 184 valence electrons. The molecule has 2 unspecified atom stereocenters. The first-order chi connectivity index (χ1) is 15.5. The van der Waals surface area contributed by atoms with Crippen molar-refractivity contribution < 1.29 is 34.5 Å². The molecule has 12 heteroatoms. The van der Waals surface area contributed by atoms with Crippen LogP contribution in [0.1, 0.15) is 38.2 Å². The molecule has 0 radical (unpaired) electrons. The van der Waals surface area contributed by atoms with Crippen LogP contribution in [-0.4, -0.2) is 93.3 Å². The number of aliphatic hydroxyl groups is 2. The van der Waals surface area contributed by atoms with Gasteiger partial charge >= 0.3 is 0 Å². The molecule has 0 saturated carbocycles. The number of aliphatic hydroxyl groups excluding tert-OH is 1. The van der Waals surface area contributed by atoms with Gasteiger partial charge in [-0.05, 0) is 39.8 Å². The van der Waals surface area contributed by atoms with E-state index in [0.29, 0.717) is 11.6 Å². The first-order valence-electron chi connectivity index (χ1n) is 10.4. The smallest absolute Gasteiger partial charge is 0.296 e. The number of thiazole rings is 1. The van der Waals surface area contributed by atoms with Crippen molar-refractivity contribution in [3.63, 3.8) is 0 Å². The monoisotopic (exact) mass is 484 g/mol. The second-order valence-corrected chi connectivity index (χ2v) is 8.88. The molecule has 1 aromatic heterocycles. The number of carbonyl (C=O) groups excluding carboxylic acids is 2. The van der Waals surface area contributed by atoms with Crippen LogP contribution >= 0.6 is 11.3 Å². The number of nitrogens with one attached hydrogen (secondary N) is 1. The molecule has 33 heavy (non-hydrogen) atoms. The van der Waals surface area contributed by atoms with Gasteiger partial charge in [0.15, 0.2) is 16.6 Å². The first-order valence-corrected chi connectivity index (χ1v) is 11.3. The molecule has 2 rings (SSSR count). The first kappa shape index (κ1) is 26.7. The molecule has 0 aromatic carbocycles. The fraction of sp³-hybridized carbons (Fsp3) is 0.571. The highest BCUT2D eigenvalue weighted by Crippen LogP contribution is 2.32. The lowest BCUT2D eigenvalue weighted by Gasteiger charge is -2.33. The van der Waals surface area contributed by atoms with E-state index in [-0.39, 0.29) is 41.0 Å². The number of aromatic nitrogens is 1. The van der Waals surface area contributed by atoms with Crippen molar-refractivity contribution in [2.75, 3.05) is 32.6 Å². The van der Waals surface area contributed by atoms with Crippen LogP contribution in [0.15, 0.2) is 29.1 Å². The molecule has 2 atom stereocenters. The number of hydrogen-bond acceptors (Lipinski definition) is 10. The summed E-state index contributed by atoms with van der Waals surface area (Å²) in [7, 11) is 2.56. The van der Waals surface area contributed by atoms with Gasteiger partial charge in [0.2, 0.25) is 5.60 Å². The van der Waals surface area contributed by atoms with Crippen molar-refractivity contribution in [1.29, 1.82) is 0 Å². The van der Waals surface area contributed by atoms with Crippen molar-refractivity contribution in [3.05, 3.63) is 34.7 Å². The molecular formula is C21H32N4O7S. The number of rotatable bonds is 10. The Bertz CT molecular complexity index is 906. The second-order valence-electron chi connectivity index (χ2n) is 8.02. The minimum absolute atomic E-state index is 0.00710. The van der Waals surface area contributed by atoms with Gasteiger partial charge in [-0.2, -0.15) is 0 Å². The maximum Gasteiger partial charge on any atom is 0.296 e. The standard InChI is InChI=1S/C21H32N4O7S/c1-12(2)24(13(3)4)9-10-25(30)18(27)14-11-33-20(22-14)23-19(28)21(29)16(26)8-7-15(31-5)17(21)32-6/h7-8,11-13,16,26,29-30H,9-10H2,1-6H3,(H,22,23,28). The van der Waals surface area contributed by atoms with Crippen LogP contribution in [0.25, 0.3) is 0 Å². The van der Waals surface area contributed by atoms with Gasteiger partial charge in [0.1, 0.15) is 11.8 Å². The van der Waals surface area contributed by atoms with Gasteiger partial charge in [0.25, 0.3) is 11.8 Å². The number of hydrogen-bond donors (Lipinski definition) is 4. The highest BCUT2D eigenvalue weighted by Gasteiger charge is 2.51. The summed E-state index contributed by atoms with van der Waals surface area (Å²) >= 11 is 0.926. The zero-order valence-electron chi connectivity index (χ0n) is 19.6. The van der Waals surface area contributed by atoms with Crippen molar-refractivity contribution in [1.82, 2.24) is 14.9 Å². The largest absolute Gasteiger partial charge is 0.494 e. The predicted molar refractivity (Wildman–Crippen MR) is 122 cm³/mol. The average molecular weight is 485 g/mol. The lowest BCUT2D eigenvalue weighted by atomic mass is 9.88. The van der Waals surface area contributed by atoms with Gasteiger partial charge in [-0.1, -0.05) is 0 Å². The molecular weight excluding hydrogens is 452 g/mol. The Morgan fingerprint density at radius 3 is 2.39 bits per heavy atom. The quantitative estimate of drug-likeness (QED) is 0.284. The van der Waals surface area contributed by atoms with Crippen LogP contribution in [0.3, 0.4) is 0 Å². The maximum atomic E-state index is 12.8. The zero-order chi connectivity index (χ0) is 24.9. The van der Waals surface area contributed by atoms with E-state index in [9.17, 15) is 25.0 Å². The second kappa shape index (κ2) is 11.1. The zero-order valence-corrected chi connectivity index (χ0v) is 20.4. The minimum Gasteiger partial charge on any atom is -0.494 e. The molecule has 11 nitrogen and oxygen atoms in total. The average Bonchev–Trinajstić information content (AvgIpc) is 3.22. The van der Waals surface area contributed by atoms with Crippen LogP contribution in [0, 0.1) is 0 Å². The third-order valence-corrected chi connectivity index (χ3v) is 6.03. The molecule has 1 heterocycles. The third-order valence-electron chi connectivity index (χ3n) is 5.27. The minimum atomic E-state index is -2.47. The van der Waals surface area contributed by atoms with Gasteiger partial charge in [-0.25, -0.2) is 10.0 Å². The van der Waals surface area contributed by atoms with E-state index in [2.05, 4.69) is 15.2 Å². The van der Waals surface area contributed by atoms with E-state index in [4.69, 9.17) is 9.47 Å². The van der Waals surface area contributed by atoms with Crippen molar-refractivity contribution in [3.8, 4) is 0 Å². The number of methoxy groups -OCH3 is 2. The molecule has 0 saturated heterocycles. The van der Waals surface area contributed by atoms with Crippen LogP contribution in [0.4, 0.5) is 5.13 Å². The van der Waals surface area contributed by atoms with Crippen molar-refractivity contribution in [2.45, 2.75) is 51.5 Å². The van der Waals surface area contributed by atoms with Crippen molar-refractivity contribution in [2.24, 2.45) is 0 Å². The highest BCUT2D eigenvalue weighted by atomic mass is 32.1. The summed E-state index contributed by atoms with van der Waals surface area (Å²) in [6.45, 7) is 8.68. The molecule has 1 aromatic rings. The summed E-state index contributed by atoms with van der Waals surface area (Å²) < 4.78 is 10.2. The Morgan fingerprint density at radius 1 is 1.21 bits per heavy atom. The SMILES string of the molecule is COC1=C(OC)C(O)(C(=O)Nc2nc(C(=O)N(O)CCN(C(C)C)C(C)C)cs2)C(O)C=C1. The Balaban J connectivity index is 2.11. The van der Waals surface area contributed by atoms with E-state index in [1.807, 2.05) is 27.7 Å². The summed E-state index contributed by atoms with van der Waals surface area (Å²) in [6, 6.07) is 0.491. The van der Waals surface area contributed by atoms with Crippen molar-refractivity contribution >= 4 is 28.3 Å². The van der Waals surface area contributed by atoms with E-state index in [0.717, 1.165) is 11.3 Å². The number of anilines is 1. The van der Waals surface area contributed by atoms with E-state index >= 15 is 0 Å². The van der Waals surface area contributed by atoms with Gasteiger partial charge in [0, 0.05) is 24.0 Å². The molecule has 2 amide bonds. The summed E-state index contributed by atoms with van der Waals surface area (Å²) in [5.74, 6) is -1.95. The molecule has 0 spiro atoms. The van der Waals surface area contributed by atoms with E-state index in [1.54, 1.807) is 0 Å². The van der Waals surface area contributed by atoms with E-state index < -0.39 is 23.5 Å². The molecule has 4 N–H and O–H groups in total. The summed E-state index contributed by atoms with van der Waals surface area (Å²) in [4.78, 5) is 31.5. The predicted octanol–water partition coefficient (Wildman–Crippen LogP) is 1.20. The number of hydroxylamine groups is 2. The molecule has 0 fully saturated rings. The molecule has 1 aliphatic carbocycles. The summed E-state index contributed by atoms with van der Waals surface area (Å²) in [5.41, 5.74) is -2.54. The van der Waals surface area contributed by atoms with Gasteiger partial charge in [-0.3, -0.25) is 25.0 Å². The highest BCUT2D eigenvalue weighted by molar-refractivity contribution is 7.14. The summed E-state index contributed by atoms with van der Waals surface area (Å²) in [6.07, 6.45) is 0.963. The number of allylic oxidation sites excluding steroid dienone is 1. The maximum absolute atomic E-state index is 12.8. The lowest BCUT2D eigenvalue weighted by Crippen LogP contribution is -2.55. The Morgan fingerprint density at radius 2 is 1.85 bits per heavy atom.